The van der Waals surface area contributed by atoms with Gasteiger partial charge in [-0.2, -0.15) is 11.3 Å². The lowest BCUT2D eigenvalue weighted by Gasteiger charge is -2.26. The monoisotopic (exact) mass is 238 g/mol. The second-order valence-corrected chi connectivity index (χ2v) is 4.63. The van der Waals surface area contributed by atoms with Gasteiger partial charge in [-0.1, -0.05) is 0 Å². The van der Waals surface area contributed by atoms with Crippen LogP contribution in [-0.4, -0.2) is 29.8 Å². The summed E-state index contributed by atoms with van der Waals surface area (Å²) in [5.41, 5.74) is 1.13. The summed E-state index contributed by atoms with van der Waals surface area (Å²) in [5.74, 6) is -0.0575. The fourth-order valence-corrected chi connectivity index (χ4v) is 2.56. The average Bonchev–Trinajstić information content (AvgIpc) is 2.74. The SMILES string of the molecule is CC(c1ccsc1)N1CCC(=O)NCC1=O. The Morgan fingerprint density at radius 2 is 2.31 bits per heavy atom. The molecule has 4 nitrogen and oxygen atoms in total. The number of thiophene rings is 1. The Balaban J connectivity index is 2.13. The maximum absolute atomic E-state index is 11.8. The molecule has 0 bridgehead atoms. The van der Waals surface area contributed by atoms with Crippen molar-refractivity contribution in [1.82, 2.24) is 10.2 Å². The topological polar surface area (TPSA) is 49.4 Å². The lowest BCUT2D eigenvalue weighted by Crippen LogP contribution is -2.36. The van der Waals surface area contributed by atoms with Gasteiger partial charge >= 0.3 is 0 Å². The summed E-state index contributed by atoms with van der Waals surface area (Å²) < 4.78 is 0. The van der Waals surface area contributed by atoms with Crippen LogP contribution in [0.5, 0.6) is 0 Å². The Hall–Kier alpha value is -1.36. The van der Waals surface area contributed by atoms with Crippen molar-refractivity contribution in [2.24, 2.45) is 0 Å². The minimum absolute atomic E-state index is 0.00968. The van der Waals surface area contributed by atoms with Crippen molar-refractivity contribution < 1.29 is 9.59 Å². The van der Waals surface area contributed by atoms with E-state index in [0.717, 1.165) is 5.56 Å². The fraction of sp³-hybridized carbons (Fsp3) is 0.455. The van der Waals surface area contributed by atoms with Gasteiger partial charge < -0.3 is 10.2 Å². The summed E-state index contributed by atoms with van der Waals surface area (Å²) in [7, 11) is 0. The largest absolute Gasteiger partial charge is 0.347 e. The van der Waals surface area contributed by atoms with Gasteiger partial charge in [0, 0.05) is 13.0 Å². The summed E-state index contributed by atoms with van der Waals surface area (Å²) in [6, 6.07) is 2.06. The summed E-state index contributed by atoms with van der Waals surface area (Å²) in [5, 5.41) is 6.63. The van der Waals surface area contributed by atoms with Crippen LogP contribution >= 0.6 is 11.3 Å². The molecule has 0 aliphatic carbocycles. The van der Waals surface area contributed by atoms with Crippen LogP contribution in [0.3, 0.4) is 0 Å². The highest BCUT2D eigenvalue weighted by molar-refractivity contribution is 7.07. The molecule has 2 amide bonds. The Kier molecular flexibility index (Phi) is 3.24. The molecule has 86 valence electrons. The van der Waals surface area contributed by atoms with Crippen LogP contribution in [0, 0.1) is 0 Å². The van der Waals surface area contributed by atoms with E-state index in [0.29, 0.717) is 13.0 Å². The van der Waals surface area contributed by atoms with Crippen molar-refractivity contribution in [2.75, 3.05) is 13.1 Å². The number of carbonyl (C=O) groups excluding carboxylic acids is 2. The van der Waals surface area contributed by atoms with Crippen LogP contribution in [0.15, 0.2) is 16.8 Å². The molecule has 1 aliphatic rings. The van der Waals surface area contributed by atoms with Crippen LogP contribution in [-0.2, 0) is 9.59 Å². The fourth-order valence-electron chi connectivity index (χ4n) is 1.81. The predicted octanol–water partition coefficient (Wildman–Crippen LogP) is 1.16. The van der Waals surface area contributed by atoms with E-state index in [1.54, 1.807) is 16.2 Å². The predicted molar refractivity (Wildman–Crippen MR) is 62.1 cm³/mol. The summed E-state index contributed by atoms with van der Waals surface area (Å²) in [6.07, 6.45) is 0.389. The van der Waals surface area contributed by atoms with Crippen LogP contribution < -0.4 is 5.32 Å². The number of rotatable bonds is 2. The second-order valence-electron chi connectivity index (χ2n) is 3.85. The summed E-state index contributed by atoms with van der Waals surface area (Å²) in [6.45, 7) is 2.62. The molecule has 1 unspecified atom stereocenters. The second kappa shape index (κ2) is 4.65. The molecule has 16 heavy (non-hydrogen) atoms. The van der Waals surface area contributed by atoms with Gasteiger partial charge in [-0.3, -0.25) is 9.59 Å². The Labute approximate surface area is 98.3 Å². The Bertz CT molecular complexity index is 389. The Morgan fingerprint density at radius 3 is 3.00 bits per heavy atom. The van der Waals surface area contributed by atoms with E-state index < -0.39 is 0 Å². The molecule has 2 heterocycles. The summed E-state index contributed by atoms with van der Waals surface area (Å²) in [4.78, 5) is 24.8. The molecular weight excluding hydrogens is 224 g/mol. The van der Waals surface area contributed by atoms with Crippen molar-refractivity contribution >= 4 is 23.2 Å². The van der Waals surface area contributed by atoms with Gasteiger partial charge in [0.25, 0.3) is 0 Å². The van der Waals surface area contributed by atoms with E-state index in [1.807, 2.05) is 23.8 Å². The zero-order valence-electron chi connectivity index (χ0n) is 9.10. The van der Waals surface area contributed by atoms with Gasteiger partial charge in [0.1, 0.15) is 0 Å². The number of nitrogens with zero attached hydrogens (tertiary/aromatic N) is 1. The molecule has 0 saturated carbocycles. The molecular formula is C11H14N2O2S. The number of carbonyl (C=O) groups is 2. The number of hydrogen-bond acceptors (Lipinski definition) is 3. The third-order valence-corrected chi connectivity index (χ3v) is 3.53. The molecule has 1 saturated heterocycles. The van der Waals surface area contributed by atoms with E-state index in [1.165, 1.54) is 0 Å². The van der Waals surface area contributed by atoms with E-state index in [2.05, 4.69) is 5.32 Å². The molecule has 1 atom stereocenters. The molecule has 1 N–H and O–H groups in total. The highest BCUT2D eigenvalue weighted by Crippen LogP contribution is 2.23. The van der Waals surface area contributed by atoms with Crippen LogP contribution in [0.1, 0.15) is 24.9 Å². The van der Waals surface area contributed by atoms with Gasteiger partial charge in [0.2, 0.25) is 11.8 Å². The highest BCUT2D eigenvalue weighted by Gasteiger charge is 2.25. The smallest absolute Gasteiger partial charge is 0.242 e. The maximum atomic E-state index is 11.8. The Morgan fingerprint density at radius 1 is 1.50 bits per heavy atom. The van der Waals surface area contributed by atoms with Crippen molar-refractivity contribution in [2.45, 2.75) is 19.4 Å². The molecule has 0 aromatic carbocycles. The minimum atomic E-state index is -0.0478. The molecule has 1 aromatic rings. The summed E-state index contributed by atoms with van der Waals surface area (Å²) >= 11 is 1.62. The minimum Gasteiger partial charge on any atom is -0.347 e. The van der Waals surface area contributed by atoms with Crippen LogP contribution in [0.4, 0.5) is 0 Å². The molecule has 1 aliphatic heterocycles. The first-order valence-electron chi connectivity index (χ1n) is 5.27. The molecule has 5 heteroatoms. The zero-order chi connectivity index (χ0) is 11.5. The van der Waals surface area contributed by atoms with Gasteiger partial charge in [-0.15, -0.1) is 0 Å². The van der Waals surface area contributed by atoms with Gasteiger partial charge in [0.05, 0.1) is 12.6 Å². The van der Waals surface area contributed by atoms with Crippen molar-refractivity contribution in [3.05, 3.63) is 22.4 Å². The van der Waals surface area contributed by atoms with Crippen LogP contribution in [0.2, 0.25) is 0 Å². The van der Waals surface area contributed by atoms with Crippen molar-refractivity contribution in [1.29, 1.82) is 0 Å². The molecule has 0 radical (unpaired) electrons. The lowest BCUT2D eigenvalue weighted by molar-refractivity contribution is -0.132. The molecule has 1 aromatic heterocycles. The lowest BCUT2D eigenvalue weighted by atomic mass is 10.1. The molecule has 1 fully saturated rings. The first-order valence-corrected chi connectivity index (χ1v) is 6.21. The van der Waals surface area contributed by atoms with Crippen LogP contribution in [0.25, 0.3) is 0 Å². The van der Waals surface area contributed by atoms with Gasteiger partial charge in [-0.05, 0) is 29.3 Å². The molecule has 0 spiro atoms. The van der Waals surface area contributed by atoms with E-state index in [-0.39, 0.29) is 24.4 Å². The first-order chi connectivity index (χ1) is 7.68. The van der Waals surface area contributed by atoms with Crippen molar-refractivity contribution in [3.63, 3.8) is 0 Å². The number of hydrogen-bond donors (Lipinski definition) is 1. The number of amides is 2. The maximum Gasteiger partial charge on any atom is 0.242 e. The van der Waals surface area contributed by atoms with Gasteiger partial charge in [-0.25, -0.2) is 0 Å². The third-order valence-electron chi connectivity index (χ3n) is 2.83. The first kappa shape index (κ1) is 11.1. The van der Waals surface area contributed by atoms with E-state index in [9.17, 15) is 9.59 Å². The highest BCUT2D eigenvalue weighted by atomic mass is 32.1. The quantitative estimate of drug-likeness (QED) is 0.840. The van der Waals surface area contributed by atoms with Gasteiger partial charge in [0.15, 0.2) is 0 Å². The standard InChI is InChI=1S/C11H14N2O2S/c1-8(9-3-5-16-7-9)13-4-2-10(14)12-6-11(13)15/h3,5,7-8H,2,4,6H2,1H3,(H,12,14). The van der Waals surface area contributed by atoms with E-state index >= 15 is 0 Å². The molecule has 2 rings (SSSR count). The average molecular weight is 238 g/mol. The third kappa shape index (κ3) is 2.24. The zero-order valence-corrected chi connectivity index (χ0v) is 9.92. The number of nitrogens with one attached hydrogen (secondary N) is 1. The normalized spacial score (nSPS) is 19.2. The van der Waals surface area contributed by atoms with E-state index in [4.69, 9.17) is 0 Å². The van der Waals surface area contributed by atoms with Crippen molar-refractivity contribution in [3.8, 4) is 0 Å².